The van der Waals surface area contributed by atoms with Crippen LogP contribution in [-0.4, -0.2) is 70.1 Å². The van der Waals surface area contributed by atoms with Crippen molar-refractivity contribution >= 4 is 6.09 Å². The van der Waals surface area contributed by atoms with Gasteiger partial charge in [0.1, 0.15) is 0 Å². The lowest BCUT2D eigenvalue weighted by molar-refractivity contribution is -0.107. The second-order valence-corrected chi connectivity index (χ2v) is 7.86. The van der Waals surface area contributed by atoms with Gasteiger partial charge in [-0.25, -0.2) is 4.79 Å². The fourth-order valence-corrected chi connectivity index (χ4v) is 4.64. The number of likely N-dealkylation sites (tertiary alicyclic amines) is 1. The van der Waals surface area contributed by atoms with E-state index >= 15 is 0 Å². The summed E-state index contributed by atoms with van der Waals surface area (Å²) in [5.41, 5.74) is 2.22. The van der Waals surface area contributed by atoms with E-state index in [1.165, 1.54) is 11.1 Å². The Morgan fingerprint density at radius 2 is 1.67 bits per heavy atom. The molecule has 0 N–H and O–H groups in total. The number of pyridine rings is 1. The molecule has 0 saturated carbocycles. The van der Waals surface area contributed by atoms with E-state index in [2.05, 4.69) is 39.0 Å². The van der Waals surface area contributed by atoms with E-state index in [4.69, 9.17) is 4.74 Å². The molecule has 6 nitrogen and oxygen atoms in total. The Hall–Kier alpha value is -2.44. The van der Waals surface area contributed by atoms with Crippen molar-refractivity contribution in [2.24, 2.45) is 0 Å². The molecule has 2 aromatic rings. The van der Waals surface area contributed by atoms with Crippen molar-refractivity contribution in [3.05, 3.63) is 66.0 Å². The van der Waals surface area contributed by atoms with Crippen LogP contribution in [0.5, 0.6) is 0 Å². The minimum Gasteiger partial charge on any atom is -0.438 e. The van der Waals surface area contributed by atoms with Crippen molar-refractivity contribution in [1.29, 1.82) is 0 Å². The quantitative estimate of drug-likeness (QED) is 0.830. The van der Waals surface area contributed by atoms with Crippen LogP contribution in [0.25, 0.3) is 0 Å². The summed E-state index contributed by atoms with van der Waals surface area (Å²) in [5.74, 6) is 0. The van der Waals surface area contributed by atoms with Crippen LogP contribution in [0.15, 0.2) is 54.9 Å². The van der Waals surface area contributed by atoms with Gasteiger partial charge < -0.3 is 4.74 Å². The molecule has 140 valence electrons. The number of fused-ring (bicyclic) bond motifs is 2. The third-order valence-electron chi connectivity index (χ3n) is 5.98. The van der Waals surface area contributed by atoms with Crippen molar-refractivity contribution in [3.63, 3.8) is 0 Å². The molecule has 1 aromatic carbocycles. The van der Waals surface area contributed by atoms with Crippen LogP contribution in [0.2, 0.25) is 0 Å². The zero-order valence-electron chi connectivity index (χ0n) is 15.3. The molecular formula is C21H24N4O2. The molecule has 1 unspecified atom stereocenters. The van der Waals surface area contributed by atoms with Gasteiger partial charge in [0.2, 0.25) is 0 Å². The maximum absolute atomic E-state index is 12.4. The van der Waals surface area contributed by atoms with Gasteiger partial charge in [-0.15, -0.1) is 0 Å². The number of aromatic nitrogens is 1. The van der Waals surface area contributed by atoms with Crippen LogP contribution in [0.4, 0.5) is 4.79 Å². The standard InChI is InChI=1S/C21H24N4O2/c26-20-25-11-10-23(12-17-4-2-1-3-5-17)14-19(25)21(27-20)15-24(16-21)13-18-6-8-22-9-7-18/h1-9,19H,10-16H2. The Balaban J connectivity index is 1.25. The molecule has 1 amide bonds. The first-order valence-corrected chi connectivity index (χ1v) is 9.59. The molecule has 5 rings (SSSR count). The molecule has 0 bridgehead atoms. The average molecular weight is 364 g/mol. The first-order valence-electron chi connectivity index (χ1n) is 9.59. The molecule has 1 atom stereocenters. The van der Waals surface area contributed by atoms with Gasteiger partial charge in [0, 0.05) is 58.2 Å². The van der Waals surface area contributed by atoms with E-state index in [1.807, 2.05) is 35.5 Å². The van der Waals surface area contributed by atoms with Gasteiger partial charge in [0.15, 0.2) is 5.60 Å². The van der Waals surface area contributed by atoms with Crippen LogP contribution >= 0.6 is 0 Å². The van der Waals surface area contributed by atoms with Gasteiger partial charge in [-0.3, -0.25) is 19.7 Å². The molecule has 3 fully saturated rings. The van der Waals surface area contributed by atoms with Crippen molar-refractivity contribution in [3.8, 4) is 0 Å². The van der Waals surface area contributed by atoms with Gasteiger partial charge in [0.25, 0.3) is 0 Å². The first kappa shape index (κ1) is 16.7. The van der Waals surface area contributed by atoms with E-state index in [1.54, 1.807) is 0 Å². The molecule has 1 spiro atoms. The molecule has 0 radical (unpaired) electrons. The predicted molar refractivity (Wildman–Crippen MR) is 101 cm³/mol. The first-order chi connectivity index (χ1) is 13.2. The van der Waals surface area contributed by atoms with E-state index < -0.39 is 0 Å². The van der Waals surface area contributed by atoms with Crippen LogP contribution in [0.3, 0.4) is 0 Å². The lowest BCUT2D eigenvalue weighted by Crippen LogP contribution is -2.70. The third kappa shape index (κ3) is 3.09. The van der Waals surface area contributed by atoms with E-state index in [-0.39, 0.29) is 17.7 Å². The average Bonchev–Trinajstić information content (AvgIpc) is 2.96. The van der Waals surface area contributed by atoms with Crippen LogP contribution in [-0.2, 0) is 17.8 Å². The zero-order valence-corrected chi connectivity index (χ0v) is 15.3. The maximum Gasteiger partial charge on any atom is 0.410 e. The monoisotopic (exact) mass is 364 g/mol. The SMILES string of the molecule is O=C1OC2(CN(Cc3ccncc3)C2)C2CN(Cc3ccccc3)CCN12. The summed E-state index contributed by atoms with van der Waals surface area (Å²) in [5, 5.41) is 0. The minimum atomic E-state index is -0.348. The summed E-state index contributed by atoms with van der Waals surface area (Å²) in [6.45, 7) is 5.95. The van der Waals surface area contributed by atoms with Crippen molar-refractivity contribution in [2.75, 3.05) is 32.7 Å². The lowest BCUT2D eigenvalue weighted by atomic mass is 9.84. The van der Waals surface area contributed by atoms with Crippen molar-refractivity contribution in [1.82, 2.24) is 19.7 Å². The topological polar surface area (TPSA) is 48.9 Å². The highest BCUT2D eigenvalue weighted by molar-refractivity contribution is 5.72. The highest BCUT2D eigenvalue weighted by atomic mass is 16.6. The number of ether oxygens (including phenoxy) is 1. The largest absolute Gasteiger partial charge is 0.438 e. The Labute approximate surface area is 159 Å². The maximum atomic E-state index is 12.4. The van der Waals surface area contributed by atoms with Crippen LogP contribution in [0, 0.1) is 0 Å². The second kappa shape index (κ2) is 6.62. The van der Waals surface area contributed by atoms with Crippen LogP contribution in [0.1, 0.15) is 11.1 Å². The van der Waals surface area contributed by atoms with E-state index in [0.717, 1.165) is 45.8 Å². The van der Waals surface area contributed by atoms with Crippen molar-refractivity contribution in [2.45, 2.75) is 24.7 Å². The summed E-state index contributed by atoms with van der Waals surface area (Å²) in [4.78, 5) is 23.2. The number of carbonyl (C=O) groups excluding carboxylic acids is 1. The number of hydrogen-bond donors (Lipinski definition) is 0. The fraction of sp³-hybridized carbons (Fsp3) is 0.429. The normalized spacial score (nSPS) is 24.5. The summed E-state index contributed by atoms with van der Waals surface area (Å²) >= 11 is 0. The van der Waals surface area contributed by atoms with Gasteiger partial charge in [0.05, 0.1) is 6.04 Å². The molecule has 3 saturated heterocycles. The summed E-state index contributed by atoms with van der Waals surface area (Å²) in [6.07, 6.45) is 3.51. The summed E-state index contributed by atoms with van der Waals surface area (Å²) in [6, 6.07) is 14.8. The lowest BCUT2D eigenvalue weighted by Gasteiger charge is -2.51. The van der Waals surface area contributed by atoms with Gasteiger partial charge in [-0.05, 0) is 23.3 Å². The molecule has 6 heteroatoms. The fourth-order valence-electron chi connectivity index (χ4n) is 4.64. The number of hydrogen-bond acceptors (Lipinski definition) is 5. The number of carbonyl (C=O) groups is 1. The Morgan fingerprint density at radius 3 is 2.44 bits per heavy atom. The molecule has 27 heavy (non-hydrogen) atoms. The number of nitrogens with zero attached hydrogens (tertiary/aromatic N) is 4. The second-order valence-electron chi connectivity index (χ2n) is 7.86. The highest BCUT2D eigenvalue weighted by Crippen LogP contribution is 2.40. The Kier molecular flexibility index (Phi) is 4.10. The zero-order chi connectivity index (χ0) is 18.3. The molecule has 0 aliphatic carbocycles. The van der Waals surface area contributed by atoms with Gasteiger partial charge in [-0.1, -0.05) is 30.3 Å². The number of rotatable bonds is 4. The predicted octanol–water partition coefficient (Wildman–Crippen LogP) is 1.97. The van der Waals surface area contributed by atoms with E-state index in [9.17, 15) is 4.79 Å². The number of amides is 1. The minimum absolute atomic E-state index is 0.136. The Bertz CT molecular complexity index is 807. The third-order valence-corrected chi connectivity index (χ3v) is 5.98. The van der Waals surface area contributed by atoms with Crippen molar-refractivity contribution < 1.29 is 9.53 Å². The number of piperazine rings is 1. The molecule has 4 heterocycles. The molecule has 3 aliphatic heterocycles. The van der Waals surface area contributed by atoms with Crippen LogP contribution < -0.4 is 0 Å². The highest BCUT2D eigenvalue weighted by Gasteiger charge is 2.61. The smallest absolute Gasteiger partial charge is 0.410 e. The van der Waals surface area contributed by atoms with E-state index in [0.29, 0.717) is 0 Å². The summed E-state index contributed by atoms with van der Waals surface area (Å²) < 4.78 is 5.90. The molecule has 1 aromatic heterocycles. The molecular weight excluding hydrogens is 340 g/mol. The number of benzene rings is 1. The summed E-state index contributed by atoms with van der Waals surface area (Å²) in [7, 11) is 0. The molecule has 3 aliphatic rings. The van der Waals surface area contributed by atoms with Gasteiger partial charge in [-0.2, -0.15) is 0 Å². The Morgan fingerprint density at radius 1 is 0.963 bits per heavy atom. The van der Waals surface area contributed by atoms with Gasteiger partial charge >= 0.3 is 6.09 Å².